The van der Waals surface area contributed by atoms with Crippen LogP contribution in [-0.4, -0.2) is 52.2 Å². The molecule has 2 atom stereocenters. The molecule has 7 heteroatoms. The molecule has 4 rings (SSSR count). The molecule has 2 heterocycles. The minimum absolute atomic E-state index is 0.0907. The Morgan fingerprint density at radius 3 is 2.81 bits per heavy atom. The lowest BCUT2D eigenvalue weighted by molar-refractivity contribution is -0.125. The van der Waals surface area contributed by atoms with Crippen LogP contribution < -0.4 is 5.32 Å². The first kappa shape index (κ1) is 20.9. The molecule has 0 aliphatic carbocycles. The van der Waals surface area contributed by atoms with Gasteiger partial charge in [0, 0.05) is 30.1 Å². The van der Waals surface area contributed by atoms with Crippen LogP contribution in [0.15, 0.2) is 54.7 Å². The molecular formula is C24H27N3O4. The monoisotopic (exact) mass is 421 g/mol. The topological polar surface area (TPSA) is 94.7 Å². The molecule has 7 nitrogen and oxygen atoms in total. The lowest BCUT2D eigenvalue weighted by Crippen LogP contribution is -2.46. The number of aromatic nitrogens is 1. The Kier molecular flexibility index (Phi) is 6.23. The number of hydrogen-bond acceptors (Lipinski definition) is 4. The van der Waals surface area contributed by atoms with E-state index in [-0.39, 0.29) is 25.5 Å². The third-order valence-corrected chi connectivity index (χ3v) is 5.72. The second-order valence-corrected chi connectivity index (χ2v) is 7.95. The summed E-state index contributed by atoms with van der Waals surface area (Å²) in [5, 5.41) is 14.1. The molecule has 1 fully saturated rings. The maximum Gasteiger partial charge on any atom is 0.410 e. The van der Waals surface area contributed by atoms with Crippen LogP contribution in [0.3, 0.4) is 0 Å². The summed E-state index contributed by atoms with van der Waals surface area (Å²) >= 11 is 0. The number of nitrogens with one attached hydrogen (secondary N) is 2. The van der Waals surface area contributed by atoms with Gasteiger partial charge in [-0.3, -0.25) is 9.69 Å². The number of aliphatic hydroxyl groups excluding tert-OH is 1. The summed E-state index contributed by atoms with van der Waals surface area (Å²) in [7, 11) is 0. The molecule has 0 saturated carbocycles. The lowest BCUT2D eigenvalue weighted by atomic mass is 10.1. The van der Waals surface area contributed by atoms with Crippen molar-refractivity contribution in [3.05, 3.63) is 71.4 Å². The molecule has 1 saturated heterocycles. The van der Waals surface area contributed by atoms with Crippen LogP contribution in [0.5, 0.6) is 0 Å². The van der Waals surface area contributed by atoms with E-state index in [1.54, 1.807) is 0 Å². The van der Waals surface area contributed by atoms with Crippen LogP contribution in [0.2, 0.25) is 0 Å². The van der Waals surface area contributed by atoms with Gasteiger partial charge in [0.15, 0.2) is 0 Å². The number of carbonyl (C=O) groups is 2. The van der Waals surface area contributed by atoms with Gasteiger partial charge in [-0.15, -0.1) is 0 Å². The van der Waals surface area contributed by atoms with Crippen LogP contribution in [0.1, 0.15) is 23.1 Å². The summed E-state index contributed by atoms with van der Waals surface area (Å²) in [5.74, 6) is -0.274. The number of benzene rings is 2. The molecule has 0 radical (unpaired) electrons. The van der Waals surface area contributed by atoms with Gasteiger partial charge >= 0.3 is 6.09 Å². The highest BCUT2D eigenvalue weighted by atomic mass is 16.6. The summed E-state index contributed by atoms with van der Waals surface area (Å²) in [6.45, 7) is 2.72. The maximum atomic E-state index is 12.7. The number of hydrogen-bond donors (Lipinski definition) is 3. The Morgan fingerprint density at radius 2 is 2.00 bits per heavy atom. The van der Waals surface area contributed by atoms with Crippen molar-refractivity contribution in [3.63, 3.8) is 0 Å². The number of β-amino-alcohol motifs (C(OH)–C–C–N with tert-alkyl or cyclic N) is 1. The number of likely N-dealkylation sites (tertiary alicyclic amines) is 1. The van der Waals surface area contributed by atoms with Gasteiger partial charge in [0.2, 0.25) is 5.91 Å². The van der Waals surface area contributed by atoms with Crippen LogP contribution in [0.4, 0.5) is 4.79 Å². The number of aromatic amines is 1. The fourth-order valence-corrected chi connectivity index (χ4v) is 4.08. The van der Waals surface area contributed by atoms with E-state index in [1.807, 2.05) is 42.6 Å². The van der Waals surface area contributed by atoms with Gasteiger partial charge in [0.1, 0.15) is 12.6 Å². The third-order valence-electron chi connectivity index (χ3n) is 5.72. The molecule has 1 aromatic heterocycles. The average Bonchev–Trinajstić information content (AvgIpc) is 3.37. The number of aryl methyl sites for hydroxylation is 1. The van der Waals surface area contributed by atoms with Crippen molar-refractivity contribution >= 4 is 22.9 Å². The molecule has 2 amide bonds. The molecule has 1 aliphatic heterocycles. The first-order valence-electron chi connectivity index (χ1n) is 10.5. The highest BCUT2D eigenvalue weighted by Gasteiger charge is 2.39. The van der Waals surface area contributed by atoms with Crippen molar-refractivity contribution in [1.82, 2.24) is 15.2 Å². The fourth-order valence-electron chi connectivity index (χ4n) is 4.08. The van der Waals surface area contributed by atoms with E-state index in [1.165, 1.54) is 10.5 Å². The summed E-state index contributed by atoms with van der Waals surface area (Å²) in [6.07, 6.45) is 1.52. The van der Waals surface area contributed by atoms with Crippen molar-refractivity contribution in [1.29, 1.82) is 0 Å². The van der Waals surface area contributed by atoms with Crippen LogP contribution in [-0.2, 0) is 22.6 Å². The quantitative estimate of drug-likeness (QED) is 0.570. The Balaban J connectivity index is 1.33. The normalized spacial score (nSPS) is 18.3. The first-order chi connectivity index (χ1) is 15.0. The number of fused-ring (bicyclic) bond motifs is 1. The van der Waals surface area contributed by atoms with Crippen LogP contribution in [0.25, 0.3) is 10.9 Å². The number of nitrogens with zero attached hydrogens (tertiary/aromatic N) is 1. The number of H-pyrrole nitrogens is 1. The summed E-state index contributed by atoms with van der Waals surface area (Å²) < 4.78 is 5.36. The number of amides is 2. The minimum Gasteiger partial charge on any atom is -0.445 e. The zero-order valence-electron chi connectivity index (χ0n) is 17.5. The predicted molar refractivity (Wildman–Crippen MR) is 117 cm³/mol. The first-order valence-corrected chi connectivity index (χ1v) is 10.5. The van der Waals surface area contributed by atoms with Crippen molar-refractivity contribution in [2.24, 2.45) is 0 Å². The molecule has 3 N–H and O–H groups in total. The SMILES string of the molecule is Cc1cccc2c(CCNC(=O)[C@@H]3C[C@@H](O)CN3C(=O)OCc3ccccc3)c[nH]c12. The van der Waals surface area contributed by atoms with Crippen LogP contribution >= 0.6 is 0 Å². The minimum atomic E-state index is -0.739. The summed E-state index contributed by atoms with van der Waals surface area (Å²) in [6, 6.07) is 14.8. The fraction of sp³-hybridized carbons (Fsp3) is 0.333. The number of aliphatic hydroxyl groups is 1. The van der Waals surface area contributed by atoms with Crippen molar-refractivity contribution in [3.8, 4) is 0 Å². The van der Waals surface area contributed by atoms with E-state index >= 15 is 0 Å². The van der Waals surface area contributed by atoms with E-state index in [4.69, 9.17) is 4.74 Å². The van der Waals surface area contributed by atoms with Crippen molar-refractivity contribution < 1.29 is 19.4 Å². The largest absolute Gasteiger partial charge is 0.445 e. The van der Waals surface area contributed by atoms with Gasteiger partial charge in [-0.05, 0) is 30.0 Å². The van der Waals surface area contributed by atoms with Gasteiger partial charge in [0.25, 0.3) is 0 Å². The van der Waals surface area contributed by atoms with E-state index < -0.39 is 18.2 Å². The Labute approximate surface area is 181 Å². The van der Waals surface area contributed by atoms with Gasteiger partial charge in [-0.25, -0.2) is 4.79 Å². The lowest BCUT2D eigenvalue weighted by Gasteiger charge is -2.23. The average molecular weight is 421 g/mol. The molecule has 1 aliphatic rings. The predicted octanol–water partition coefficient (Wildman–Crippen LogP) is 2.91. The maximum absolute atomic E-state index is 12.7. The second-order valence-electron chi connectivity index (χ2n) is 7.95. The molecule has 31 heavy (non-hydrogen) atoms. The molecule has 0 bridgehead atoms. The zero-order chi connectivity index (χ0) is 21.8. The zero-order valence-corrected chi connectivity index (χ0v) is 17.5. The molecule has 0 spiro atoms. The highest BCUT2D eigenvalue weighted by molar-refractivity contribution is 5.87. The summed E-state index contributed by atoms with van der Waals surface area (Å²) in [4.78, 5) is 29.9. The Bertz CT molecular complexity index is 1060. The third kappa shape index (κ3) is 4.72. The Hall–Kier alpha value is -3.32. The van der Waals surface area contributed by atoms with Gasteiger partial charge in [0.05, 0.1) is 12.6 Å². The smallest absolute Gasteiger partial charge is 0.410 e. The molecule has 2 aromatic carbocycles. The van der Waals surface area contributed by atoms with E-state index in [9.17, 15) is 14.7 Å². The number of carbonyl (C=O) groups excluding carboxylic acids is 2. The van der Waals surface area contributed by atoms with E-state index in [0.717, 1.165) is 22.0 Å². The molecular weight excluding hydrogens is 394 g/mol. The Morgan fingerprint density at radius 1 is 1.19 bits per heavy atom. The van der Waals surface area contributed by atoms with E-state index in [0.29, 0.717) is 13.0 Å². The van der Waals surface area contributed by atoms with Gasteiger partial charge in [-0.2, -0.15) is 0 Å². The molecule has 0 unspecified atom stereocenters. The van der Waals surface area contributed by atoms with Crippen molar-refractivity contribution in [2.75, 3.05) is 13.1 Å². The van der Waals surface area contributed by atoms with Gasteiger partial charge < -0.3 is 20.1 Å². The summed E-state index contributed by atoms with van der Waals surface area (Å²) in [5.41, 5.74) is 4.28. The van der Waals surface area contributed by atoms with Crippen molar-refractivity contribution in [2.45, 2.75) is 38.5 Å². The standard InChI is InChI=1S/C24H27N3O4/c1-16-6-5-9-20-18(13-26-22(16)20)10-11-25-23(29)21-12-19(28)14-27(21)24(30)31-15-17-7-3-2-4-8-17/h2-9,13,19,21,26,28H,10-12,14-15H2,1H3,(H,25,29)/t19-,21+/m1/s1. The number of rotatable bonds is 6. The van der Waals surface area contributed by atoms with Gasteiger partial charge in [-0.1, -0.05) is 48.5 Å². The number of para-hydroxylation sites is 1. The molecule has 162 valence electrons. The molecule has 3 aromatic rings. The second kappa shape index (κ2) is 9.22. The van der Waals surface area contributed by atoms with E-state index in [2.05, 4.69) is 29.4 Å². The van der Waals surface area contributed by atoms with Crippen LogP contribution in [0, 0.1) is 6.92 Å². The highest BCUT2D eigenvalue weighted by Crippen LogP contribution is 2.22. The number of ether oxygens (including phenoxy) is 1.